The van der Waals surface area contributed by atoms with E-state index in [9.17, 15) is 15.0 Å². The van der Waals surface area contributed by atoms with Gasteiger partial charge in [-0.2, -0.15) is 0 Å². The molecule has 0 aromatic carbocycles. The monoisotopic (exact) mass is 318 g/mol. The first-order valence-electron chi connectivity index (χ1n) is 8.53. The Hall–Kier alpha value is -1.35. The van der Waals surface area contributed by atoms with Gasteiger partial charge in [0.1, 0.15) is 0 Å². The Balaban J connectivity index is 2.41. The zero-order chi connectivity index (χ0) is 17.5. The van der Waals surface area contributed by atoms with Crippen molar-refractivity contribution in [3.8, 4) is 0 Å². The third kappa shape index (κ3) is 3.03. The highest BCUT2D eigenvalue weighted by Gasteiger charge is 2.57. The first-order chi connectivity index (χ1) is 10.6. The molecule has 2 saturated carbocycles. The molecule has 23 heavy (non-hydrogen) atoms. The standard InChI is InChI=1S/C20H30O3/c1-6-18(3,23)13-10-15-14(2)8-9-16-19(15,4)11-7-12-20(16,5)17(21)22/h6,10,13,15-16,23H,1-2,7-9,11-12H2,3-5H3,(H,21,22)/b13-10+/t15-,16+,18+,19+,20+/m0/s1. The van der Waals surface area contributed by atoms with Crippen LogP contribution in [0.1, 0.15) is 52.9 Å². The van der Waals surface area contributed by atoms with Crippen molar-refractivity contribution in [3.05, 3.63) is 37.0 Å². The lowest BCUT2D eigenvalue weighted by molar-refractivity contribution is -0.162. The third-order valence-corrected chi connectivity index (χ3v) is 6.41. The third-order valence-electron chi connectivity index (χ3n) is 6.41. The Morgan fingerprint density at radius 2 is 2.04 bits per heavy atom. The maximum atomic E-state index is 11.9. The molecule has 0 radical (unpaired) electrons. The number of carbonyl (C=O) groups is 1. The first-order valence-corrected chi connectivity index (χ1v) is 8.53. The number of aliphatic carboxylic acids is 1. The van der Waals surface area contributed by atoms with Crippen LogP contribution in [-0.2, 0) is 4.79 Å². The molecule has 0 unspecified atom stereocenters. The van der Waals surface area contributed by atoms with Crippen LogP contribution in [0.25, 0.3) is 0 Å². The van der Waals surface area contributed by atoms with Crippen LogP contribution in [0.2, 0.25) is 0 Å². The van der Waals surface area contributed by atoms with Crippen molar-refractivity contribution in [3.63, 3.8) is 0 Å². The second kappa shape index (κ2) is 5.94. The fourth-order valence-corrected chi connectivity index (χ4v) is 4.86. The van der Waals surface area contributed by atoms with Gasteiger partial charge in [-0.05, 0) is 50.9 Å². The molecule has 0 saturated heterocycles. The molecule has 0 aromatic heterocycles. The maximum Gasteiger partial charge on any atom is 0.309 e. The fourth-order valence-electron chi connectivity index (χ4n) is 4.86. The molecule has 0 aromatic rings. The van der Waals surface area contributed by atoms with Gasteiger partial charge in [0.2, 0.25) is 0 Å². The summed E-state index contributed by atoms with van der Waals surface area (Å²) in [5, 5.41) is 20.0. The molecular formula is C20H30O3. The van der Waals surface area contributed by atoms with Crippen molar-refractivity contribution >= 4 is 5.97 Å². The highest BCUT2D eigenvalue weighted by atomic mass is 16.4. The van der Waals surface area contributed by atoms with Gasteiger partial charge < -0.3 is 10.2 Å². The van der Waals surface area contributed by atoms with E-state index in [1.165, 1.54) is 6.08 Å². The molecule has 128 valence electrons. The topological polar surface area (TPSA) is 57.5 Å². The lowest BCUT2D eigenvalue weighted by Crippen LogP contribution is -2.53. The Labute approximate surface area is 139 Å². The van der Waals surface area contributed by atoms with Crippen LogP contribution in [0.15, 0.2) is 37.0 Å². The molecule has 2 N–H and O–H groups in total. The molecule has 3 heteroatoms. The van der Waals surface area contributed by atoms with Gasteiger partial charge in [0, 0.05) is 5.92 Å². The van der Waals surface area contributed by atoms with Crippen LogP contribution in [0.3, 0.4) is 0 Å². The summed E-state index contributed by atoms with van der Waals surface area (Å²) in [6, 6.07) is 0. The summed E-state index contributed by atoms with van der Waals surface area (Å²) in [6.45, 7) is 13.7. The Bertz CT molecular complexity index is 545. The predicted octanol–water partition coefficient (Wildman–Crippen LogP) is 4.34. The minimum atomic E-state index is -1.05. The largest absolute Gasteiger partial charge is 0.481 e. The van der Waals surface area contributed by atoms with E-state index in [4.69, 9.17) is 0 Å². The SMILES string of the molecule is C=C[C@@](C)(O)/C=C/[C@H]1C(=C)CC[C@@H]2[C@]1(C)CCC[C@@]2(C)C(=O)O. The van der Waals surface area contributed by atoms with Crippen LogP contribution in [0.5, 0.6) is 0 Å². The molecule has 2 rings (SSSR count). The highest BCUT2D eigenvalue weighted by Crippen LogP contribution is 2.61. The van der Waals surface area contributed by atoms with Gasteiger partial charge in [-0.15, -0.1) is 0 Å². The lowest BCUT2D eigenvalue weighted by Gasteiger charge is -2.56. The molecule has 0 spiro atoms. The summed E-state index contributed by atoms with van der Waals surface area (Å²) in [4.78, 5) is 11.9. The number of aliphatic hydroxyl groups is 1. The summed E-state index contributed by atoms with van der Waals surface area (Å²) in [5.74, 6) is -0.441. The minimum Gasteiger partial charge on any atom is -0.481 e. The Kier molecular flexibility index (Phi) is 4.64. The average Bonchev–Trinajstić information content (AvgIpc) is 2.46. The summed E-state index contributed by atoms with van der Waals surface area (Å²) in [5.41, 5.74) is -0.682. The van der Waals surface area contributed by atoms with Gasteiger partial charge >= 0.3 is 5.97 Å². The van der Waals surface area contributed by atoms with Gasteiger partial charge in [-0.3, -0.25) is 4.79 Å². The fraction of sp³-hybridized carbons (Fsp3) is 0.650. The normalized spacial score (nSPS) is 40.4. The lowest BCUT2D eigenvalue weighted by atomic mass is 9.47. The number of rotatable bonds is 4. The van der Waals surface area contributed by atoms with Crippen molar-refractivity contribution < 1.29 is 15.0 Å². The van der Waals surface area contributed by atoms with E-state index in [-0.39, 0.29) is 17.3 Å². The van der Waals surface area contributed by atoms with Crippen molar-refractivity contribution in [2.75, 3.05) is 0 Å². The number of carboxylic acids is 1. The van der Waals surface area contributed by atoms with Gasteiger partial charge in [-0.25, -0.2) is 0 Å². The predicted molar refractivity (Wildman–Crippen MR) is 93.0 cm³/mol. The van der Waals surface area contributed by atoms with E-state index in [1.54, 1.807) is 13.0 Å². The molecular weight excluding hydrogens is 288 g/mol. The van der Waals surface area contributed by atoms with E-state index in [1.807, 2.05) is 13.0 Å². The van der Waals surface area contributed by atoms with Crippen LogP contribution < -0.4 is 0 Å². The van der Waals surface area contributed by atoms with Gasteiger partial charge in [-0.1, -0.05) is 50.3 Å². The van der Waals surface area contributed by atoms with E-state index in [0.29, 0.717) is 0 Å². The second-order valence-electron chi connectivity index (χ2n) is 8.10. The molecule has 0 aliphatic heterocycles. The van der Waals surface area contributed by atoms with Gasteiger partial charge in [0.15, 0.2) is 0 Å². The van der Waals surface area contributed by atoms with Gasteiger partial charge in [0.25, 0.3) is 0 Å². The molecule has 0 amide bonds. The zero-order valence-electron chi connectivity index (χ0n) is 14.6. The van der Waals surface area contributed by atoms with Gasteiger partial charge in [0.05, 0.1) is 11.0 Å². The number of hydrogen-bond donors (Lipinski definition) is 2. The molecule has 5 atom stereocenters. The van der Waals surface area contributed by atoms with Crippen molar-refractivity contribution in [1.82, 2.24) is 0 Å². The number of hydrogen-bond acceptors (Lipinski definition) is 2. The van der Waals surface area contributed by atoms with Crippen molar-refractivity contribution in [2.24, 2.45) is 22.7 Å². The smallest absolute Gasteiger partial charge is 0.309 e. The molecule has 0 heterocycles. The Morgan fingerprint density at radius 3 is 2.61 bits per heavy atom. The summed E-state index contributed by atoms with van der Waals surface area (Å²) in [7, 11) is 0. The number of allylic oxidation sites excluding steroid dienone is 2. The van der Waals surface area contributed by atoms with Crippen molar-refractivity contribution in [1.29, 1.82) is 0 Å². The second-order valence-corrected chi connectivity index (χ2v) is 8.10. The summed E-state index contributed by atoms with van der Waals surface area (Å²) < 4.78 is 0. The molecule has 2 aliphatic rings. The maximum absolute atomic E-state index is 11.9. The number of fused-ring (bicyclic) bond motifs is 1. The minimum absolute atomic E-state index is 0.103. The van der Waals surface area contributed by atoms with Crippen LogP contribution in [0, 0.1) is 22.7 Å². The summed E-state index contributed by atoms with van der Waals surface area (Å²) >= 11 is 0. The van der Waals surface area contributed by atoms with Crippen LogP contribution >= 0.6 is 0 Å². The first kappa shape index (κ1) is 18.0. The van der Waals surface area contributed by atoms with E-state index < -0.39 is 17.0 Å². The van der Waals surface area contributed by atoms with E-state index >= 15 is 0 Å². The summed E-state index contributed by atoms with van der Waals surface area (Å²) in [6.07, 6.45) is 9.73. The Morgan fingerprint density at radius 1 is 1.39 bits per heavy atom. The average molecular weight is 318 g/mol. The molecule has 2 aliphatic carbocycles. The molecule has 2 fully saturated rings. The molecule has 0 bridgehead atoms. The number of carboxylic acid groups (broad SMARTS) is 1. The van der Waals surface area contributed by atoms with E-state index in [2.05, 4.69) is 20.1 Å². The van der Waals surface area contributed by atoms with Crippen LogP contribution in [-0.4, -0.2) is 21.8 Å². The molecule has 3 nitrogen and oxygen atoms in total. The van der Waals surface area contributed by atoms with Crippen molar-refractivity contribution in [2.45, 2.75) is 58.5 Å². The zero-order valence-corrected chi connectivity index (χ0v) is 14.6. The van der Waals surface area contributed by atoms with E-state index in [0.717, 1.165) is 37.7 Å². The van der Waals surface area contributed by atoms with Crippen LogP contribution in [0.4, 0.5) is 0 Å². The quantitative estimate of drug-likeness (QED) is 0.758. The highest BCUT2D eigenvalue weighted by molar-refractivity contribution is 5.75.